The predicted molar refractivity (Wildman–Crippen MR) is 132 cm³/mol. The van der Waals surface area contributed by atoms with Crippen LogP contribution in [0.15, 0.2) is 41.3 Å². The molecule has 0 aliphatic carbocycles. The van der Waals surface area contributed by atoms with Gasteiger partial charge in [0.2, 0.25) is 0 Å². The van der Waals surface area contributed by atoms with Gasteiger partial charge in [-0.05, 0) is 44.9 Å². The van der Waals surface area contributed by atoms with Crippen molar-refractivity contribution in [1.29, 1.82) is 0 Å². The average molecular weight is 541 g/mol. The van der Waals surface area contributed by atoms with Crippen LogP contribution in [-0.2, 0) is 34.5 Å². The fraction of sp³-hybridized carbons (Fsp3) is 0.522. The molecule has 1 saturated heterocycles. The minimum absolute atomic E-state index is 0.0166. The Balaban J connectivity index is 1.74. The van der Waals surface area contributed by atoms with Crippen LogP contribution in [0, 0.1) is 6.92 Å². The molecule has 3 rings (SSSR count). The first-order valence-electron chi connectivity index (χ1n) is 11.7. The van der Waals surface area contributed by atoms with Crippen LogP contribution in [0.5, 0.6) is 0 Å². The number of rotatable bonds is 11. The predicted octanol–water partition coefficient (Wildman–Crippen LogP) is 1.02. The van der Waals surface area contributed by atoms with Crippen LogP contribution < -0.4 is 16.5 Å². The van der Waals surface area contributed by atoms with Crippen molar-refractivity contribution in [3.8, 4) is 0 Å². The number of nitrogens with two attached hydrogens (primary N) is 1. The third-order valence-electron chi connectivity index (χ3n) is 5.58. The first kappa shape index (κ1) is 28.9. The second kappa shape index (κ2) is 12.3. The molecule has 0 bridgehead atoms. The van der Waals surface area contributed by atoms with Gasteiger partial charge in [0.25, 0.3) is 0 Å². The number of nitrogens with one attached hydrogen (secondary N) is 1. The topological polar surface area (TPSA) is 184 Å². The van der Waals surface area contributed by atoms with Crippen LogP contribution in [0.4, 0.5) is 5.82 Å². The van der Waals surface area contributed by atoms with Crippen molar-refractivity contribution in [2.24, 2.45) is 0 Å². The molecule has 5 N–H and O–H groups in total. The third-order valence-corrected chi connectivity index (χ3v) is 7.24. The van der Waals surface area contributed by atoms with E-state index in [-0.39, 0.29) is 12.4 Å². The molecule has 37 heavy (non-hydrogen) atoms. The lowest BCUT2D eigenvalue weighted by molar-refractivity contribution is -0.149. The number of aliphatic hydroxyl groups excluding tert-OH is 2. The molecule has 1 aromatic heterocycles. The van der Waals surface area contributed by atoms with Crippen LogP contribution in [0.3, 0.4) is 0 Å². The van der Waals surface area contributed by atoms with Crippen LogP contribution >= 0.6 is 7.75 Å². The Labute approximate surface area is 214 Å². The lowest BCUT2D eigenvalue weighted by Gasteiger charge is -2.25. The van der Waals surface area contributed by atoms with Crippen molar-refractivity contribution in [2.45, 2.75) is 71.0 Å². The number of carbonyl (C=O) groups excluding carboxylic acids is 1. The maximum Gasteiger partial charge on any atom is 0.406 e. The van der Waals surface area contributed by atoms with Crippen LogP contribution in [0.2, 0.25) is 0 Å². The van der Waals surface area contributed by atoms with Gasteiger partial charge in [0.15, 0.2) is 6.23 Å². The number of aromatic nitrogens is 2. The summed E-state index contributed by atoms with van der Waals surface area (Å²) in [6, 6.07) is 7.57. The minimum atomic E-state index is -4.19. The van der Waals surface area contributed by atoms with Gasteiger partial charge in [0.1, 0.15) is 30.2 Å². The van der Waals surface area contributed by atoms with Gasteiger partial charge in [-0.2, -0.15) is 4.98 Å². The average Bonchev–Trinajstić information content (AvgIpc) is 3.10. The SMILES string of the molecule is Cc1ccccc1CO[P@@](=O)(N[C@@H](C)C(=O)OC(C)C)OC[C@H]1O[C@@H](n2ccc(N)nc2=O)[C@@H](O)[C@@H]1O. The number of ether oxygens (including phenoxy) is 2. The molecule has 1 fully saturated rings. The van der Waals surface area contributed by atoms with E-state index in [4.69, 9.17) is 24.3 Å². The molecule has 0 unspecified atom stereocenters. The summed E-state index contributed by atoms with van der Waals surface area (Å²) in [6.45, 7) is 6.05. The van der Waals surface area contributed by atoms with E-state index in [0.29, 0.717) is 0 Å². The highest BCUT2D eigenvalue weighted by Gasteiger charge is 2.45. The Kier molecular flexibility index (Phi) is 9.59. The highest BCUT2D eigenvalue weighted by Crippen LogP contribution is 2.46. The molecule has 2 aromatic rings. The van der Waals surface area contributed by atoms with Crippen molar-refractivity contribution >= 4 is 19.5 Å². The Bertz CT molecular complexity index is 1190. The second-order valence-corrected chi connectivity index (χ2v) is 10.7. The van der Waals surface area contributed by atoms with E-state index in [1.807, 2.05) is 19.1 Å². The van der Waals surface area contributed by atoms with Crippen LogP contribution in [0.25, 0.3) is 0 Å². The highest BCUT2D eigenvalue weighted by atomic mass is 31.2. The fourth-order valence-electron chi connectivity index (χ4n) is 3.55. The minimum Gasteiger partial charge on any atom is -0.462 e. The van der Waals surface area contributed by atoms with E-state index < -0.39 is 62.7 Å². The maximum absolute atomic E-state index is 13.6. The fourth-order valence-corrected chi connectivity index (χ4v) is 5.01. The summed E-state index contributed by atoms with van der Waals surface area (Å²) in [5, 5.41) is 23.5. The Morgan fingerprint density at radius 3 is 2.57 bits per heavy atom. The van der Waals surface area contributed by atoms with Crippen molar-refractivity contribution in [3.05, 3.63) is 58.1 Å². The third kappa shape index (κ3) is 7.45. The highest BCUT2D eigenvalue weighted by molar-refractivity contribution is 7.51. The van der Waals surface area contributed by atoms with Crippen molar-refractivity contribution in [2.75, 3.05) is 12.3 Å². The smallest absolute Gasteiger partial charge is 0.406 e. The molecule has 204 valence electrons. The molecular weight excluding hydrogens is 507 g/mol. The van der Waals surface area contributed by atoms with Crippen molar-refractivity contribution in [3.63, 3.8) is 0 Å². The zero-order valence-electron chi connectivity index (χ0n) is 21.0. The summed E-state index contributed by atoms with van der Waals surface area (Å²) in [5.41, 5.74) is 6.35. The Morgan fingerprint density at radius 2 is 1.92 bits per heavy atom. The number of aliphatic hydroxyl groups is 2. The summed E-state index contributed by atoms with van der Waals surface area (Å²) in [6.07, 6.45) is -4.62. The molecular formula is C23H33N4O9P. The van der Waals surface area contributed by atoms with Crippen molar-refractivity contribution < 1.29 is 38.1 Å². The first-order chi connectivity index (χ1) is 17.4. The van der Waals surface area contributed by atoms with E-state index in [0.717, 1.165) is 15.7 Å². The zero-order valence-corrected chi connectivity index (χ0v) is 21.9. The molecule has 0 radical (unpaired) electrons. The molecule has 13 nitrogen and oxygen atoms in total. The van der Waals surface area contributed by atoms with Gasteiger partial charge in [-0.3, -0.25) is 18.4 Å². The maximum atomic E-state index is 13.6. The van der Waals surface area contributed by atoms with E-state index in [1.165, 1.54) is 19.2 Å². The van der Waals surface area contributed by atoms with Gasteiger partial charge < -0.3 is 25.4 Å². The van der Waals surface area contributed by atoms with E-state index >= 15 is 0 Å². The molecule has 14 heteroatoms. The normalized spacial score (nSPS) is 24.1. The number of hydrogen-bond acceptors (Lipinski definition) is 11. The quantitative estimate of drug-likeness (QED) is 0.235. The molecule has 1 aromatic carbocycles. The number of carbonyl (C=O) groups is 1. The summed E-state index contributed by atoms with van der Waals surface area (Å²) in [5.74, 6) is -0.682. The van der Waals surface area contributed by atoms with Gasteiger partial charge in [-0.15, -0.1) is 0 Å². The summed E-state index contributed by atoms with van der Waals surface area (Å²) in [4.78, 5) is 28.1. The van der Waals surface area contributed by atoms with E-state index in [9.17, 15) is 24.4 Å². The molecule has 0 saturated carbocycles. The van der Waals surface area contributed by atoms with Crippen LogP contribution in [0.1, 0.15) is 38.1 Å². The lowest BCUT2D eigenvalue weighted by Crippen LogP contribution is -2.37. The molecule has 6 atom stereocenters. The second-order valence-electron chi connectivity index (χ2n) is 8.92. The number of aryl methyl sites for hydroxylation is 1. The number of nitrogen functional groups attached to an aromatic ring is 1. The van der Waals surface area contributed by atoms with Gasteiger partial charge in [0.05, 0.1) is 19.3 Å². The van der Waals surface area contributed by atoms with E-state index in [2.05, 4.69) is 10.1 Å². The number of nitrogens with zero attached hydrogens (tertiary/aromatic N) is 2. The van der Waals surface area contributed by atoms with Gasteiger partial charge >= 0.3 is 19.4 Å². The van der Waals surface area contributed by atoms with Crippen molar-refractivity contribution in [1.82, 2.24) is 14.6 Å². The summed E-state index contributed by atoms with van der Waals surface area (Å²) in [7, 11) is -4.19. The summed E-state index contributed by atoms with van der Waals surface area (Å²) >= 11 is 0. The molecule has 0 amide bonds. The van der Waals surface area contributed by atoms with Gasteiger partial charge in [-0.25, -0.2) is 14.4 Å². The van der Waals surface area contributed by atoms with E-state index in [1.54, 1.807) is 26.0 Å². The molecule has 2 heterocycles. The number of hydrogen-bond donors (Lipinski definition) is 4. The molecule has 0 spiro atoms. The Morgan fingerprint density at radius 1 is 1.22 bits per heavy atom. The summed E-state index contributed by atoms with van der Waals surface area (Å²) < 4.78 is 36.6. The molecule has 1 aliphatic heterocycles. The Hall–Kier alpha value is -2.64. The van der Waals surface area contributed by atoms with Gasteiger partial charge in [-0.1, -0.05) is 24.3 Å². The monoisotopic (exact) mass is 540 g/mol. The van der Waals surface area contributed by atoms with Crippen LogP contribution in [-0.4, -0.2) is 62.8 Å². The first-order valence-corrected chi connectivity index (χ1v) is 13.2. The number of esters is 1. The van der Waals surface area contributed by atoms with Gasteiger partial charge in [0, 0.05) is 6.20 Å². The number of benzene rings is 1. The standard InChI is InChI=1S/C23H33N4O9P/c1-13(2)35-22(30)15(4)26-37(32,33-11-16-8-6-5-7-14(16)3)34-12-17-19(28)20(29)21(36-17)27-10-9-18(24)25-23(27)31/h5-10,13,15,17,19-21,28-29H,11-12H2,1-4H3,(H,26,32)(H2,24,25,31)/t15-,17+,19+,20-,21+,37-/m0/s1. The molecule has 1 aliphatic rings. The number of anilines is 1. The largest absolute Gasteiger partial charge is 0.462 e. The lowest BCUT2D eigenvalue weighted by atomic mass is 10.1. The zero-order chi connectivity index (χ0) is 27.3.